The van der Waals surface area contributed by atoms with Gasteiger partial charge in [0.1, 0.15) is 0 Å². The largest absolute Gasteiger partial charge is 0.466 e. The van der Waals surface area contributed by atoms with Crippen molar-refractivity contribution in [2.24, 2.45) is 0 Å². The van der Waals surface area contributed by atoms with Crippen molar-refractivity contribution in [1.82, 2.24) is 10.2 Å². The molecule has 0 fully saturated rings. The number of nitrogens with zero attached hydrogens (tertiary/aromatic N) is 1. The second-order valence-electron chi connectivity index (χ2n) is 3.95. The Hall–Kier alpha value is -1.82. The van der Waals surface area contributed by atoms with Crippen molar-refractivity contribution < 1.29 is 14.3 Å². The van der Waals surface area contributed by atoms with Gasteiger partial charge in [-0.15, -0.1) is 11.3 Å². The van der Waals surface area contributed by atoms with E-state index in [-0.39, 0.29) is 6.03 Å². The van der Waals surface area contributed by atoms with Crippen LogP contribution in [0, 0.1) is 0 Å². The summed E-state index contributed by atoms with van der Waals surface area (Å²) in [6.45, 7) is 1.74. The van der Waals surface area contributed by atoms with Crippen molar-refractivity contribution in [2.45, 2.75) is 13.0 Å². The maximum atomic E-state index is 11.9. The molecule has 1 N–H and O–H groups in total. The summed E-state index contributed by atoms with van der Waals surface area (Å²) in [5, 5.41) is 4.71. The first-order valence-electron chi connectivity index (χ1n) is 5.43. The molecule has 0 aromatic carbocycles. The third kappa shape index (κ3) is 1.99. The van der Waals surface area contributed by atoms with E-state index < -0.39 is 12.0 Å². The van der Waals surface area contributed by atoms with Crippen molar-refractivity contribution in [3.05, 3.63) is 33.7 Å². The fourth-order valence-corrected chi connectivity index (χ4v) is 2.66. The highest BCUT2D eigenvalue weighted by Gasteiger charge is 2.35. The Labute approximate surface area is 109 Å². The van der Waals surface area contributed by atoms with Crippen LogP contribution in [0.15, 0.2) is 28.8 Å². The SMILES string of the molecule is COC(=O)C1=C(C)N(C)C(=O)N[C@H]1c1cccs1. The predicted molar refractivity (Wildman–Crippen MR) is 68.1 cm³/mol. The lowest BCUT2D eigenvalue weighted by molar-refractivity contribution is -0.136. The van der Waals surface area contributed by atoms with Crippen LogP contribution in [-0.2, 0) is 9.53 Å². The number of nitrogens with one attached hydrogen (secondary N) is 1. The Morgan fingerprint density at radius 2 is 2.28 bits per heavy atom. The molecule has 96 valence electrons. The summed E-state index contributed by atoms with van der Waals surface area (Å²) in [6, 6.07) is 3.12. The summed E-state index contributed by atoms with van der Waals surface area (Å²) in [4.78, 5) is 26.0. The first kappa shape index (κ1) is 12.6. The van der Waals surface area contributed by atoms with E-state index in [2.05, 4.69) is 5.32 Å². The van der Waals surface area contributed by atoms with Crippen molar-refractivity contribution in [3.8, 4) is 0 Å². The molecule has 18 heavy (non-hydrogen) atoms. The molecule has 1 aliphatic heterocycles. The molecule has 0 unspecified atom stereocenters. The third-order valence-electron chi connectivity index (χ3n) is 2.99. The highest BCUT2D eigenvalue weighted by molar-refractivity contribution is 7.10. The van der Waals surface area contributed by atoms with Crippen LogP contribution in [0.3, 0.4) is 0 Å². The fraction of sp³-hybridized carbons (Fsp3) is 0.333. The molecular weight excluding hydrogens is 252 g/mol. The Morgan fingerprint density at radius 3 is 2.83 bits per heavy atom. The van der Waals surface area contributed by atoms with Gasteiger partial charge in [0.15, 0.2) is 0 Å². The van der Waals surface area contributed by atoms with Crippen LogP contribution >= 0.6 is 11.3 Å². The number of thiophene rings is 1. The minimum Gasteiger partial charge on any atom is -0.466 e. The van der Waals surface area contributed by atoms with Gasteiger partial charge in [-0.05, 0) is 18.4 Å². The van der Waals surface area contributed by atoms with Gasteiger partial charge in [-0.1, -0.05) is 6.07 Å². The highest BCUT2D eigenvalue weighted by atomic mass is 32.1. The topological polar surface area (TPSA) is 58.6 Å². The smallest absolute Gasteiger partial charge is 0.338 e. The zero-order valence-corrected chi connectivity index (χ0v) is 11.2. The Morgan fingerprint density at radius 1 is 1.56 bits per heavy atom. The molecular formula is C12H14N2O3S. The predicted octanol–water partition coefficient (Wildman–Crippen LogP) is 1.89. The average Bonchev–Trinajstić information content (AvgIpc) is 2.88. The number of esters is 1. The molecule has 2 heterocycles. The number of methoxy groups -OCH3 is 1. The van der Waals surface area contributed by atoms with E-state index in [0.29, 0.717) is 11.3 Å². The first-order chi connectivity index (χ1) is 8.56. The molecule has 5 nitrogen and oxygen atoms in total. The van der Waals surface area contributed by atoms with E-state index in [4.69, 9.17) is 4.74 Å². The summed E-state index contributed by atoms with van der Waals surface area (Å²) in [7, 11) is 2.96. The van der Waals surface area contributed by atoms with Gasteiger partial charge in [0.05, 0.1) is 18.7 Å². The van der Waals surface area contributed by atoms with Crippen LogP contribution in [0.4, 0.5) is 4.79 Å². The second kappa shape index (κ2) is 4.81. The third-order valence-corrected chi connectivity index (χ3v) is 3.92. The van der Waals surface area contributed by atoms with Crippen LogP contribution in [-0.4, -0.2) is 31.1 Å². The van der Waals surface area contributed by atoms with E-state index in [1.165, 1.54) is 23.3 Å². The van der Waals surface area contributed by atoms with E-state index in [1.54, 1.807) is 14.0 Å². The van der Waals surface area contributed by atoms with E-state index in [0.717, 1.165) is 4.88 Å². The molecule has 0 saturated heterocycles. The molecule has 1 aromatic rings. The van der Waals surface area contributed by atoms with E-state index in [9.17, 15) is 9.59 Å². The Kier molecular flexibility index (Phi) is 3.38. The second-order valence-corrected chi connectivity index (χ2v) is 4.93. The molecule has 1 aromatic heterocycles. The van der Waals surface area contributed by atoms with Crippen molar-refractivity contribution in [2.75, 3.05) is 14.2 Å². The number of allylic oxidation sites excluding steroid dienone is 1. The number of hydrogen-bond donors (Lipinski definition) is 1. The van der Waals surface area contributed by atoms with Gasteiger partial charge >= 0.3 is 12.0 Å². The van der Waals surface area contributed by atoms with Gasteiger partial charge in [-0.3, -0.25) is 0 Å². The monoisotopic (exact) mass is 266 g/mol. The number of hydrogen-bond acceptors (Lipinski definition) is 4. The van der Waals surface area contributed by atoms with Crippen LogP contribution < -0.4 is 5.32 Å². The van der Waals surface area contributed by atoms with Crippen molar-refractivity contribution in [1.29, 1.82) is 0 Å². The summed E-state index contributed by atoms with van der Waals surface area (Å²) in [5.41, 5.74) is 1.09. The highest BCUT2D eigenvalue weighted by Crippen LogP contribution is 2.32. The quantitative estimate of drug-likeness (QED) is 0.832. The maximum absolute atomic E-state index is 11.9. The number of urea groups is 1. The minimum atomic E-state index is -0.429. The molecule has 2 amide bonds. The minimum absolute atomic E-state index is 0.224. The molecule has 0 bridgehead atoms. The molecule has 0 aliphatic carbocycles. The van der Waals surface area contributed by atoms with Gasteiger partial charge in [0.2, 0.25) is 0 Å². The lowest BCUT2D eigenvalue weighted by atomic mass is 10.0. The number of ether oxygens (including phenoxy) is 1. The number of carbonyl (C=O) groups excluding carboxylic acids is 2. The zero-order valence-electron chi connectivity index (χ0n) is 10.4. The van der Waals surface area contributed by atoms with Crippen molar-refractivity contribution >= 4 is 23.3 Å². The van der Waals surface area contributed by atoms with Gasteiger partial charge < -0.3 is 15.0 Å². The first-order valence-corrected chi connectivity index (χ1v) is 6.31. The Balaban J connectivity index is 2.50. The standard InChI is InChI=1S/C12H14N2O3S/c1-7-9(11(15)17-3)10(8-5-4-6-18-8)13-12(16)14(7)2/h4-6,10H,1-3H3,(H,13,16)/t10-/m0/s1. The van der Waals surface area contributed by atoms with Gasteiger partial charge in [0.25, 0.3) is 0 Å². The number of carbonyl (C=O) groups is 2. The molecule has 1 atom stereocenters. The molecule has 0 radical (unpaired) electrons. The maximum Gasteiger partial charge on any atom is 0.338 e. The Bertz CT molecular complexity index is 507. The molecule has 0 spiro atoms. The molecule has 6 heteroatoms. The number of amides is 2. The van der Waals surface area contributed by atoms with Gasteiger partial charge in [-0.2, -0.15) is 0 Å². The molecule has 0 saturated carbocycles. The molecule has 2 rings (SSSR count). The normalized spacial score (nSPS) is 19.8. The number of rotatable bonds is 2. The van der Waals surface area contributed by atoms with Crippen LogP contribution in [0.5, 0.6) is 0 Å². The van der Waals surface area contributed by atoms with Gasteiger partial charge in [0, 0.05) is 17.6 Å². The lowest BCUT2D eigenvalue weighted by Gasteiger charge is -2.32. The fourth-order valence-electron chi connectivity index (χ4n) is 1.88. The summed E-state index contributed by atoms with van der Waals surface area (Å²) < 4.78 is 4.80. The van der Waals surface area contributed by atoms with Crippen molar-refractivity contribution in [3.63, 3.8) is 0 Å². The summed E-state index contributed by atoms with van der Waals surface area (Å²) in [6.07, 6.45) is 0. The van der Waals surface area contributed by atoms with E-state index >= 15 is 0 Å². The summed E-state index contributed by atoms with van der Waals surface area (Å²) >= 11 is 1.49. The van der Waals surface area contributed by atoms with Crippen LogP contribution in [0.25, 0.3) is 0 Å². The van der Waals surface area contributed by atoms with Crippen LogP contribution in [0.2, 0.25) is 0 Å². The molecule has 1 aliphatic rings. The van der Waals surface area contributed by atoms with Crippen LogP contribution in [0.1, 0.15) is 17.8 Å². The van der Waals surface area contributed by atoms with E-state index in [1.807, 2.05) is 17.5 Å². The lowest BCUT2D eigenvalue weighted by Crippen LogP contribution is -2.45. The zero-order chi connectivity index (χ0) is 13.3. The summed E-state index contributed by atoms with van der Waals surface area (Å²) in [5.74, 6) is -0.419. The average molecular weight is 266 g/mol. The van der Waals surface area contributed by atoms with Gasteiger partial charge in [-0.25, -0.2) is 9.59 Å².